The highest BCUT2D eigenvalue weighted by molar-refractivity contribution is 6.32. The van der Waals surface area contributed by atoms with Gasteiger partial charge in [0.05, 0.1) is 11.2 Å². The summed E-state index contributed by atoms with van der Waals surface area (Å²) in [4.78, 5) is 0. The lowest BCUT2D eigenvalue weighted by Crippen LogP contribution is -2.48. The van der Waals surface area contributed by atoms with Gasteiger partial charge >= 0.3 is 0 Å². The minimum absolute atomic E-state index is 0.193. The zero-order valence-corrected chi connectivity index (χ0v) is 24.3. The van der Waals surface area contributed by atoms with E-state index in [1.165, 1.54) is 43.8 Å². The van der Waals surface area contributed by atoms with E-state index in [-0.39, 0.29) is 5.82 Å². The van der Waals surface area contributed by atoms with E-state index in [0.29, 0.717) is 7.48 Å². The van der Waals surface area contributed by atoms with Crippen LogP contribution < -0.4 is 10.6 Å². The Hall–Kier alpha value is -3.60. The van der Waals surface area contributed by atoms with Gasteiger partial charge in [0.1, 0.15) is 11.0 Å². The molecule has 4 aromatic carbocycles. The van der Waals surface area contributed by atoms with Crippen LogP contribution in [0.3, 0.4) is 0 Å². The summed E-state index contributed by atoms with van der Waals surface area (Å²) in [7, 11) is 0.530. The normalized spacial score (nSPS) is 15.9. The third-order valence-electron chi connectivity index (χ3n) is 8.90. The van der Waals surface area contributed by atoms with E-state index >= 15 is 0 Å². The summed E-state index contributed by atoms with van der Waals surface area (Å²) in [5, 5.41) is 17.9. The van der Waals surface area contributed by atoms with Crippen LogP contribution in [0.2, 0.25) is 5.82 Å². The fourth-order valence-electron chi connectivity index (χ4n) is 5.86. The van der Waals surface area contributed by atoms with Gasteiger partial charge < -0.3 is 14.2 Å². The van der Waals surface area contributed by atoms with Gasteiger partial charge in [-0.2, -0.15) is 0 Å². The molecular weight excluding hydrogens is 491 g/mol. The van der Waals surface area contributed by atoms with Crippen LogP contribution in [-0.4, -0.2) is 23.8 Å². The van der Waals surface area contributed by atoms with Gasteiger partial charge in [-0.25, -0.2) is 0 Å². The Kier molecular flexibility index (Phi) is 6.52. The highest BCUT2D eigenvalue weighted by Crippen LogP contribution is 2.37. The van der Waals surface area contributed by atoms with E-state index in [1.807, 2.05) is 13.8 Å². The molecule has 0 saturated heterocycles. The molecule has 1 unspecified atom stereocenters. The lowest BCUT2D eigenvalue weighted by Gasteiger charge is -2.38. The second kappa shape index (κ2) is 9.80. The number of benzene rings is 4. The van der Waals surface area contributed by atoms with Gasteiger partial charge in [0.2, 0.25) is 0 Å². The average molecular weight is 529 g/mol. The Morgan fingerprint density at radius 3 is 2.45 bits per heavy atom. The predicted octanol–water partition coefficient (Wildman–Crippen LogP) is 7.42. The van der Waals surface area contributed by atoms with E-state index in [2.05, 4.69) is 98.8 Å². The van der Waals surface area contributed by atoms with Crippen molar-refractivity contribution in [2.45, 2.75) is 65.0 Å². The summed E-state index contributed by atoms with van der Waals surface area (Å²) in [5.74, 6) is 0.193. The first-order valence-electron chi connectivity index (χ1n) is 14.3. The van der Waals surface area contributed by atoms with Crippen molar-refractivity contribution in [2.75, 3.05) is 0 Å². The quantitative estimate of drug-likeness (QED) is 0.184. The van der Waals surface area contributed by atoms with Crippen molar-refractivity contribution in [3.05, 3.63) is 88.5 Å². The topological polar surface area (TPSA) is 42.6 Å². The lowest BCUT2D eigenvalue weighted by atomic mass is 9.74. The Balaban J connectivity index is 1.47. The van der Waals surface area contributed by atoms with Gasteiger partial charge in [-0.1, -0.05) is 66.8 Å². The number of hydrogen-bond donors (Lipinski definition) is 1. The fourth-order valence-corrected chi connectivity index (χ4v) is 5.86. The molecule has 0 aliphatic heterocycles. The molecule has 1 atom stereocenters. The molecule has 0 saturated carbocycles. The third-order valence-corrected chi connectivity index (χ3v) is 8.90. The van der Waals surface area contributed by atoms with E-state index in [4.69, 9.17) is 9.07 Å². The van der Waals surface area contributed by atoms with Gasteiger partial charge in [0.15, 0.2) is 0 Å². The second-order valence-corrected chi connectivity index (χ2v) is 12.2. The summed E-state index contributed by atoms with van der Waals surface area (Å²) in [6, 6.07) is 21.9. The van der Waals surface area contributed by atoms with Gasteiger partial charge in [-0.05, 0) is 116 Å². The molecule has 0 amide bonds. The Morgan fingerprint density at radius 2 is 1.70 bits per heavy atom. The first kappa shape index (κ1) is 26.6. The molecule has 1 aliphatic rings. The van der Waals surface area contributed by atoms with Crippen LogP contribution in [0.25, 0.3) is 61.9 Å². The summed E-state index contributed by atoms with van der Waals surface area (Å²) in [6.45, 7) is 11.8. The van der Waals surface area contributed by atoms with Crippen molar-refractivity contribution in [3.63, 3.8) is 0 Å². The van der Waals surface area contributed by atoms with Crippen molar-refractivity contribution in [3.8, 4) is 11.1 Å². The molecule has 40 heavy (non-hydrogen) atoms. The number of rotatable bonds is 6. The number of furan rings is 1. The zero-order chi connectivity index (χ0) is 28.2. The van der Waals surface area contributed by atoms with E-state index < -0.39 is 11.2 Å². The zero-order valence-electron chi connectivity index (χ0n) is 24.3. The minimum atomic E-state index is -0.928. The van der Waals surface area contributed by atoms with Crippen LogP contribution in [0.1, 0.15) is 52.2 Å². The smallest absolute Gasteiger partial charge is 0.283 e. The highest BCUT2D eigenvalue weighted by atomic mass is 16.5. The van der Waals surface area contributed by atoms with Crippen molar-refractivity contribution in [1.82, 2.24) is 0 Å². The molecule has 1 aromatic heterocycles. The molecule has 0 spiro atoms. The fraction of sp³-hybridized carbons (Fsp3) is 0.278. The Morgan fingerprint density at radius 1 is 0.950 bits per heavy atom. The van der Waals surface area contributed by atoms with Gasteiger partial charge in [-0.15, -0.1) is 0 Å². The van der Waals surface area contributed by atoms with E-state index in [0.717, 1.165) is 28.0 Å². The minimum Gasteiger partial charge on any atom is -0.456 e. The highest BCUT2D eigenvalue weighted by Gasteiger charge is 2.36. The Labute approximate surface area is 236 Å². The summed E-state index contributed by atoms with van der Waals surface area (Å²) < 4.78 is 12.6. The molecule has 1 aliphatic carbocycles. The van der Waals surface area contributed by atoms with Crippen LogP contribution in [-0.2, 0) is 4.65 Å². The molecular formula is C36H37BO3. The molecule has 0 radical (unpaired) electrons. The van der Waals surface area contributed by atoms with Crippen LogP contribution >= 0.6 is 0 Å². The first-order valence-corrected chi connectivity index (χ1v) is 14.3. The maximum Gasteiger partial charge on any atom is 0.283 e. The second-order valence-electron chi connectivity index (χ2n) is 12.2. The van der Waals surface area contributed by atoms with Crippen LogP contribution in [0.5, 0.6) is 0 Å². The molecule has 3 nitrogen and oxygen atoms in total. The number of aryl methyl sites for hydroxylation is 1. The first-order chi connectivity index (χ1) is 19.1. The number of fused-ring (bicyclic) bond motifs is 6. The van der Waals surface area contributed by atoms with Crippen LogP contribution in [0.15, 0.2) is 71.2 Å². The molecule has 202 valence electrons. The summed E-state index contributed by atoms with van der Waals surface area (Å²) in [6.07, 6.45) is 9.72. The van der Waals surface area contributed by atoms with Crippen LogP contribution in [0.4, 0.5) is 0 Å². The monoisotopic (exact) mass is 528 g/mol. The summed E-state index contributed by atoms with van der Waals surface area (Å²) in [5.41, 5.74) is 5.18. The standard InChI is InChI=1S/C36H37BO3/c1-7-11-25-22(2)26-12-8-9-13-28(26)29-18-16-23(20-31(25)29)27-14-10-15-32-34(27)30-19-17-24(21-33(30)39-32)37-40-36(5,6)35(3,4)38/h7-16,18-21,24,37-38H,17H2,1-6H3/b11-7-. The third kappa shape index (κ3) is 4.40. The molecule has 1 heterocycles. The predicted molar refractivity (Wildman–Crippen MR) is 171 cm³/mol. The van der Waals surface area contributed by atoms with Gasteiger partial charge in [0.25, 0.3) is 7.48 Å². The molecule has 1 N–H and O–H groups in total. The molecule has 6 rings (SSSR count). The molecule has 5 aromatic rings. The van der Waals surface area contributed by atoms with Gasteiger partial charge in [0, 0.05) is 10.6 Å². The van der Waals surface area contributed by atoms with Crippen molar-refractivity contribution >= 4 is 58.2 Å². The Bertz CT molecular complexity index is 1920. The number of hydrogen-bond acceptors (Lipinski definition) is 3. The SMILES string of the molecule is C/C=C\c1c(C)c2ccccc2c2ccc(-c3cccc4oc5c(c34)=CCC(BOC(C)(C)C(C)(C)O)C=5)cc12. The molecule has 4 heteroatoms. The summed E-state index contributed by atoms with van der Waals surface area (Å²) >= 11 is 0. The van der Waals surface area contributed by atoms with E-state index in [9.17, 15) is 5.11 Å². The van der Waals surface area contributed by atoms with Crippen molar-refractivity contribution in [2.24, 2.45) is 0 Å². The van der Waals surface area contributed by atoms with Crippen molar-refractivity contribution in [1.29, 1.82) is 0 Å². The van der Waals surface area contributed by atoms with Gasteiger partial charge in [-0.3, -0.25) is 0 Å². The average Bonchev–Trinajstić information content (AvgIpc) is 3.31. The number of aliphatic hydroxyl groups is 1. The molecule has 0 fully saturated rings. The maximum absolute atomic E-state index is 10.5. The molecule has 0 bridgehead atoms. The van der Waals surface area contributed by atoms with E-state index in [1.54, 1.807) is 13.8 Å². The van der Waals surface area contributed by atoms with Crippen molar-refractivity contribution < 1.29 is 14.2 Å². The van der Waals surface area contributed by atoms with Crippen LogP contribution in [0, 0.1) is 6.92 Å². The maximum atomic E-state index is 10.5. The lowest BCUT2D eigenvalue weighted by molar-refractivity contribution is -0.0906. The largest absolute Gasteiger partial charge is 0.456 e. The number of allylic oxidation sites excluding steroid dienone is 1.